The summed E-state index contributed by atoms with van der Waals surface area (Å²) in [4.78, 5) is 23.8. The number of rotatable bonds is 6. The van der Waals surface area contributed by atoms with Crippen LogP contribution in [-0.4, -0.2) is 28.1 Å². The van der Waals surface area contributed by atoms with Gasteiger partial charge >= 0.3 is 0 Å². The summed E-state index contributed by atoms with van der Waals surface area (Å²) in [5.41, 5.74) is 2.03. The Morgan fingerprint density at radius 1 is 1.38 bits per heavy atom. The number of nitrogens with one attached hydrogen (secondary N) is 2. The molecule has 0 saturated carbocycles. The molecule has 0 unspecified atom stereocenters. The number of hydrogen-bond donors (Lipinski definition) is 2. The highest BCUT2D eigenvalue weighted by Crippen LogP contribution is 2.34. The number of amides is 2. The summed E-state index contributed by atoms with van der Waals surface area (Å²) in [6.07, 6.45) is 0.898. The molecule has 1 aliphatic rings. The van der Waals surface area contributed by atoms with Crippen molar-refractivity contribution < 1.29 is 9.59 Å². The summed E-state index contributed by atoms with van der Waals surface area (Å²) < 4.78 is 1.62. The SMILES string of the molecule is CCCNC(=O)Cn1nc2c(c1NC(=O)C(C)C)CSC2. The average Bonchev–Trinajstić information content (AvgIpc) is 2.99. The molecule has 2 heterocycles. The van der Waals surface area contributed by atoms with E-state index in [2.05, 4.69) is 15.7 Å². The molecule has 0 bridgehead atoms. The molecule has 2 amide bonds. The maximum absolute atomic E-state index is 12.0. The summed E-state index contributed by atoms with van der Waals surface area (Å²) in [6.45, 7) is 6.50. The molecule has 0 aliphatic carbocycles. The minimum absolute atomic E-state index is 0.0511. The van der Waals surface area contributed by atoms with Crippen LogP contribution in [-0.2, 0) is 27.6 Å². The minimum atomic E-state index is -0.105. The number of nitrogens with zero attached hydrogens (tertiary/aromatic N) is 2. The molecule has 2 rings (SSSR count). The smallest absolute Gasteiger partial charge is 0.241 e. The van der Waals surface area contributed by atoms with Crippen LogP contribution in [0.5, 0.6) is 0 Å². The molecule has 0 aromatic carbocycles. The zero-order valence-electron chi connectivity index (χ0n) is 12.7. The van der Waals surface area contributed by atoms with E-state index >= 15 is 0 Å². The standard InChI is InChI=1S/C14H22N4O2S/c1-4-5-15-12(19)6-18-13(16-14(20)9(2)3)10-7-21-8-11(10)17-18/h9H,4-8H2,1-3H3,(H,15,19)(H,16,20). The largest absolute Gasteiger partial charge is 0.355 e. The number of anilines is 1. The molecule has 0 spiro atoms. The van der Waals surface area contributed by atoms with Crippen LogP contribution in [0.25, 0.3) is 0 Å². The van der Waals surface area contributed by atoms with Crippen molar-refractivity contribution in [3.05, 3.63) is 11.3 Å². The van der Waals surface area contributed by atoms with E-state index in [9.17, 15) is 9.59 Å². The molecule has 116 valence electrons. The fourth-order valence-electron chi connectivity index (χ4n) is 2.04. The predicted octanol–water partition coefficient (Wildman–Crippen LogP) is 1.75. The molecule has 2 N–H and O–H groups in total. The van der Waals surface area contributed by atoms with Crippen molar-refractivity contribution in [3.8, 4) is 0 Å². The molecular formula is C14H22N4O2S. The lowest BCUT2D eigenvalue weighted by Gasteiger charge is -2.12. The number of aromatic nitrogens is 2. The van der Waals surface area contributed by atoms with Gasteiger partial charge in [-0.2, -0.15) is 16.9 Å². The monoisotopic (exact) mass is 310 g/mol. The van der Waals surface area contributed by atoms with E-state index in [1.807, 2.05) is 20.8 Å². The third-order valence-electron chi connectivity index (χ3n) is 3.25. The van der Waals surface area contributed by atoms with Crippen LogP contribution in [0, 0.1) is 5.92 Å². The van der Waals surface area contributed by atoms with Gasteiger partial charge in [-0.3, -0.25) is 9.59 Å². The first kappa shape index (κ1) is 15.9. The Labute approximate surface area is 129 Å². The molecule has 0 saturated heterocycles. The maximum Gasteiger partial charge on any atom is 0.241 e. The van der Waals surface area contributed by atoms with Crippen LogP contribution < -0.4 is 10.6 Å². The van der Waals surface area contributed by atoms with Gasteiger partial charge in [0.05, 0.1) is 5.69 Å². The second kappa shape index (κ2) is 6.98. The Kier molecular flexibility index (Phi) is 5.27. The zero-order chi connectivity index (χ0) is 15.4. The molecule has 6 nitrogen and oxygen atoms in total. The first-order valence-corrected chi connectivity index (χ1v) is 8.42. The van der Waals surface area contributed by atoms with E-state index in [1.165, 1.54) is 0 Å². The average molecular weight is 310 g/mol. The van der Waals surface area contributed by atoms with Crippen molar-refractivity contribution in [3.63, 3.8) is 0 Å². The first-order valence-electron chi connectivity index (χ1n) is 7.26. The van der Waals surface area contributed by atoms with Gasteiger partial charge in [0, 0.05) is 29.5 Å². The van der Waals surface area contributed by atoms with Crippen molar-refractivity contribution in [1.29, 1.82) is 0 Å². The Morgan fingerprint density at radius 2 is 2.14 bits per heavy atom. The molecule has 1 aromatic heterocycles. The van der Waals surface area contributed by atoms with Crippen molar-refractivity contribution in [2.45, 2.75) is 45.2 Å². The number of fused-ring (bicyclic) bond motifs is 1. The van der Waals surface area contributed by atoms with Gasteiger partial charge in [-0.1, -0.05) is 20.8 Å². The number of carbonyl (C=O) groups excluding carboxylic acids is 2. The fraction of sp³-hybridized carbons (Fsp3) is 0.643. The van der Waals surface area contributed by atoms with Gasteiger partial charge in [0.25, 0.3) is 0 Å². The number of carbonyl (C=O) groups is 2. The highest BCUT2D eigenvalue weighted by Gasteiger charge is 2.25. The van der Waals surface area contributed by atoms with Crippen LogP contribution >= 0.6 is 11.8 Å². The van der Waals surface area contributed by atoms with E-state index in [4.69, 9.17) is 0 Å². The topological polar surface area (TPSA) is 76.0 Å². The van der Waals surface area contributed by atoms with Gasteiger partial charge in [-0.15, -0.1) is 0 Å². The van der Waals surface area contributed by atoms with Gasteiger partial charge < -0.3 is 10.6 Å². The highest BCUT2D eigenvalue weighted by atomic mass is 32.2. The van der Waals surface area contributed by atoms with Crippen LogP contribution in [0.2, 0.25) is 0 Å². The molecule has 1 aromatic rings. The summed E-state index contributed by atoms with van der Waals surface area (Å²) >= 11 is 1.77. The molecule has 0 radical (unpaired) electrons. The lowest BCUT2D eigenvalue weighted by atomic mass is 10.2. The van der Waals surface area contributed by atoms with Gasteiger partial charge in [0.1, 0.15) is 12.4 Å². The summed E-state index contributed by atoms with van der Waals surface area (Å²) in [5.74, 6) is 2.12. The maximum atomic E-state index is 12.0. The number of hydrogen-bond acceptors (Lipinski definition) is 4. The van der Waals surface area contributed by atoms with Crippen LogP contribution in [0.3, 0.4) is 0 Å². The summed E-state index contributed by atoms with van der Waals surface area (Å²) in [7, 11) is 0. The fourth-order valence-corrected chi connectivity index (χ4v) is 3.07. The van der Waals surface area contributed by atoms with Crippen LogP contribution in [0.1, 0.15) is 38.4 Å². The Morgan fingerprint density at radius 3 is 2.81 bits per heavy atom. The quantitative estimate of drug-likeness (QED) is 0.839. The third kappa shape index (κ3) is 3.78. The third-order valence-corrected chi connectivity index (χ3v) is 4.22. The molecule has 0 atom stereocenters. The molecule has 1 aliphatic heterocycles. The van der Waals surface area contributed by atoms with Crippen molar-refractivity contribution in [2.75, 3.05) is 11.9 Å². The Balaban J connectivity index is 2.17. The molecule has 0 fully saturated rings. The minimum Gasteiger partial charge on any atom is -0.355 e. The zero-order valence-corrected chi connectivity index (χ0v) is 13.5. The second-order valence-electron chi connectivity index (χ2n) is 5.42. The van der Waals surface area contributed by atoms with E-state index in [1.54, 1.807) is 16.4 Å². The molecule has 7 heteroatoms. The normalized spacial score (nSPS) is 13.3. The number of thioether (sulfide) groups is 1. The van der Waals surface area contributed by atoms with Gasteiger partial charge in [0.15, 0.2) is 0 Å². The first-order chi connectivity index (χ1) is 10.0. The van der Waals surface area contributed by atoms with Crippen molar-refractivity contribution in [1.82, 2.24) is 15.1 Å². The Bertz CT molecular complexity index is 539. The van der Waals surface area contributed by atoms with E-state index in [-0.39, 0.29) is 24.3 Å². The van der Waals surface area contributed by atoms with Gasteiger partial charge in [-0.25, -0.2) is 4.68 Å². The summed E-state index contributed by atoms with van der Waals surface area (Å²) in [6, 6.07) is 0. The van der Waals surface area contributed by atoms with E-state index < -0.39 is 0 Å². The highest BCUT2D eigenvalue weighted by molar-refractivity contribution is 7.98. The van der Waals surface area contributed by atoms with E-state index in [0.717, 1.165) is 29.2 Å². The summed E-state index contributed by atoms with van der Waals surface area (Å²) in [5, 5.41) is 10.2. The van der Waals surface area contributed by atoms with Crippen molar-refractivity contribution in [2.24, 2.45) is 5.92 Å². The van der Waals surface area contributed by atoms with E-state index in [0.29, 0.717) is 12.4 Å². The molecular weight excluding hydrogens is 288 g/mol. The predicted molar refractivity (Wildman–Crippen MR) is 84.0 cm³/mol. The van der Waals surface area contributed by atoms with Gasteiger partial charge in [0.2, 0.25) is 11.8 Å². The lowest BCUT2D eigenvalue weighted by molar-refractivity contribution is -0.122. The van der Waals surface area contributed by atoms with Crippen LogP contribution in [0.15, 0.2) is 0 Å². The van der Waals surface area contributed by atoms with Crippen molar-refractivity contribution >= 4 is 29.4 Å². The Hall–Kier alpha value is -1.50. The second-order valence-corrected chi connectivity index (χ2v) is 6.40. The molecule has 21 heavy (non-hydrogen) atoms. The van der Waals surface area contributed by atoms with Gasteiger partial charge in [-0.05, 0) is 6.42 Å². The van der Waals surface area contributed by atoms with Crippen LogP contribution in [0.4, 0.5) is 5.82 Å². The lowest BCUT2D eigenvalue weighted by Crippen LogP contribution is -2.30.